The van der Waals surface area contributed by atoms with Crippen molar-refractivity contribution < 1.29 is 30.7 Å². The Morgan fingerprint density at radius 2 is 1.76 bits per heavy atom. The fraction of sp³-hybridized carbons (Fsp3) is 0.118. The minimum atomic E-state index is -4.67. The summed E-state index contributed by atoms with van der Waals surface area (Å²) in [5.74, 6) is -2.63. The van der Waals surface area contributed by atoms with Crippen LogP contribution in [-0.4, -0.2) is 25.3 Å². The zero-order chi connectivity index (χ0) is 21.5. The fourth-order valence-electron chi connectivity index (χ4n) is 2.68. The largest absolute Gasteiger partial charge is 0.495 e. The molecule has 12 heteroatoms. The van der Waals surface area contributed by atoms with E-state index in [0.29, 0.717) is 17.9 Å². The zero-order valence-electron chi connectivity index (χ0n) is 14.5. The number of ether oxygens (including phenoxy) is 1. The van der Waals surface area contributed by atoms with E-state index in [1.165, 1.54) is 25.3 Å². The first-order chi connectivity index (χ1) is 13.5. The highest BCUT2D eigenvalue weighted by Gasteiger charge is 2.24. The highest BCUT2D eigenvalue weighted by Crippen LogP contribution is 2.33. The Morgan fingerprint density at radius 3 is 2.24 bits per heavy atom. The van der Waals surface area contributed by atoms with Gasteiger partial charge in [0.1, 0.15) is 23.1 Å². The Kier molecular flexibility index (Phi) is 5.57. The van der Waals surface area contributed by atoms with E-state index in [9.17, 15) is 26.0 Å². The van der Waals surface area contributed by atoms with Gasteiger partial charge < -0.3 is 4.74 Å². The number of nitrogens with zero attached hydrogens (tertiary/aromatic N) is 2. The molecule has 3 aromatic rings. The third-order valence-electron chi connectivity index (χ3n) is 3.91. The van der Waals surface area contributed by atoms with E-state index in [2.05, 4.69) is 5.10 Å². The molecule has 29 heavy (non-hydrogen) atoms. The van der Waals surface area contributed by atoms with Gasteiger partial charge in [-0.15, -0.1) is 0 Å². The summed E-state index contributed by atoms with van der Waals surface area (Å²) >= 11 is 6.05. The van der Waals surface area contributed by atoms with Crippen molar-refractivity contribution in [3.63, 3.8) is 0 Å². The minimum absolute atomic E-state index is 0.125. The third-order valence-corrected chi connectivity index (χ3v) is 5.16. The van der Waals surface area contributed by atoms with Gasteiger partial charge in [-0.05, 0) is 36.4 Å². The maximum absolute atomic E-state index is 14.2. The fourth-order valence-corrected chi connectivity index (χ4v) is 3.59. The van der Waals surface area contributed by atoms with E-state index in [-0.39, 0.29) is 22.0 Å². The van der Waals surface area contributed by atoms with Crippen LogP contribution in [0.3, 0.4) is 0 Å². The number of hydrogen-bond donors (Lipinski definition) is 1. The lowest BCUT2D eigenvalue weighted by atomic mass is 10.1. The number of aromatic nitrogens is 2. The Balaban J connectivity index is 2.24. The molecule has 3 rings (SSSR count). The molecule has 0 aliphatic rings. The summed E-state index contributed by atoms with van der Waals surface area (Å²) in [6.07, 6.45) is -2.97. The molecule has 0 bridgehead atoms. The predicted molar refractivity (Wildman–Crippen MR) is 96.8 cm³/mol. The molecule has 0 aliphatic carbocycles. The number of benzene rings is 2. The summed E-state index contributed by atoms with van der Waals surface area (Å²) < 4.78 is 83.6. The Hall–Kier alpha value is -2.63. The minimum Gasteiger partial charge on any atom is -0.495 e. The summed E-state index contributed by atoms with van der Waals surface area (Å²) in [6.45, 7) is 0. The topological polar surface area (TPSA) is 87.2 Å². The lowest BCUT2D eigenvalue weighted by molar-refractivity contribution is 0.145. The van der Waals surface area contributed by atoms with E-state index < -0.39 is 38.7 Å². The molecular formula is C17H12ClF4N3O3S. The average Bonchev–Trinajstić information content (AvgIpc) is 3.05. The van der Waals surface area contributed by atoms with Crippen LogP contribution in [-0.2, 0) is 10.0 Å². The average molecular weight is 450 g/mol. The second-order valence-corrected chi connectivity index (χ2v) is 7.71. The van der Waals surface area contributed by atoms with Crippen molar-refractivity contribution in [2.24, 2.45) is 5.14 Å². The second kappa shape index (κ2) is 7.65. The van der Waals surface area contributed by atoms with Crippen molar-refractivity contribution in [1.82, 2.24) is 9.78 Å². The second-order valence-electron chi connectivity index (χ2n) is 5.80. The molecule has 0 atom stereocenters. The van der Waals surface area contributed by atoms with Crippen molar-refractivity contribution in [2.75, 3.05) is 7.11 Å². The molecule has 2 N–H and O–H groups in total. The van der Waals surface area contributed by atoms with Crippen LogP contribution < -0.4 is 9.88 Å². The molecule has 2 aromatic carbocycles. The molecule has 0 unspecified atom stereocenters. The van der Waals surface area contributed by atoms with Gasteiger partial charge in [-0.25, -0.2) is 35.8 Å². The first-order valence-electron chi connectivity index (χ1n) is 7.77. The van der Waals surface area contributed by atoms with Crippen molar-refractivity contribution in [3.05, 3.63) is 58.7 Å². The van der Waals surface area contributed by atoms with Gasteiger partial charge in [-0.1, -0.05) is 11.6 Å². The molecule has 0 radical (unpaired) electrons. The first kappa shape index (κ1) is 21.1. The van der Waals surface area contributed by atoms with E-state index in [4.69, 9.17) is 21.5 Å². The summed E-state index contributed by atoms with van der Waals surface area (Å²) in [6, 6.07) is 6.51. The van der Waals surface area contributed by atoms with Gasteiger partial charge in [0.05, 0.1) is 23.5 Å². The summed E-state index contributed by atoms with van der Waals surface area (Å²) in [5, 5.41) is 8.71. The molecule has 0 fully saturated rings. The van der Waals surface area contributed by atoms with E-state index in [1.807, 2.05) is 0 Å². The van der Waals surface area contributed by atoms with Gasteiger partial charge in [0.15, 0.2) is 4.90 Å². The molecule has 154 valence electrons. The lowest BCUT2D eigenvalue weighted by Gasteiger charge is -2.11. The van der Waals surface area contributed by atoms with Gasteiger partial charge in [0.2, 0.25) is 10.0 Å². The number of halogens is 5. The normalized spacial score (nSPS) is 11.9. The van der Waals surface area contributed by atoms with E-state index >= 15 is 0 Å². The van der Waals surface area contributed by atoms with Crippen LogP contribution in [0.1, 0.15) is 12.1 Å². The number of rotatable bonds is 5. The molecule has 0 saturated heterocycles. The van der Waals surface area contributed by atoms with Crippen LogP contribution in [0.2, 0.25) is 5.02 Å². The van der Waals surface area contributed by atoms with Gasteiger partial charge >= 0.3 is 0 Å². The Labute approximate surface area is 167 Å². The first-order valence-corrected chi connectivity index (χ1v) is 9.69. The Morgan fingerprint density at radius 1 is 1.14 bits per heavy atom. The molecule has 0 amide bonds. The van der Waals surface area contributed by atoms with Crippen molar-refractivity contribution in [2.45, 2.75) is 11.3 Å². The van der Waals surface area contributed by atoms with Crippen molar-refractivity contribution in [3.8, 4) is 22.7 Å². The number of nitrogens with two attached hydrogens (primary N) is 1. The van der Waals surface area contributed by atoms with Gasteiger partial charge in [-0.3, -0.25) is 0 Å². The molecule has 6 nitrogen and oxygen atoms in total. The monoisotopic (exact) mass is 449 g/mol. The van der Waals surface area contributed by atoms with Crippen LogP contribution >= 0.6 is 11.6 Å². The SMILES string of the molecule is COc1ccc(-n2nc(C(F)F)cc2-c2cc(F)c(S(N)(=O)=O)c(F)c2)cc1Cl. The maximum atomic E-state index is 14.2. The van der Waals surface area contributed by atoms with Crippen molar-refractivity contribution >= 4 is 21.6 Å². The van der Waals surface area contributed by atoms with Gasteiger partial charge in [-0.2, -0.15) is 5.10 Å². The maximum Gasteiger partial charge on any atom is 0.282 e. The van der Waals surface area contributed by atoms with E-state index in [1.54, 1.807) is 0 Å². The molecule has 1 aromatic heterocycles. The summed E-state index contributed by atoms with van der Waals surface area (Å²) in [5.41, 5.74) is -0.823. The summed E-state index contributed by atoms with van der Waals surface area (Å²) in [4.78, 5) is -1.33. The quantitative estimate of drug-likeness (QED) is 0.595. The molecule has 0 saturated carbocycles. The molecule has 0 aliphatic heterocycles. The van der Waals surface area contributed by atoms with Gasteiger partial charge in [0.25, 0.3) is 6.43 Å². The lowest BCUT2D eigenvalue weighted by Crippen LogP contribution is -2.16. The number of alkyl halides is 2. The molecular weight excluding hydrogens is 438 g/mol. The highest BCUT2D eigenvalue weighted by molar-refractivity contribution is 7.89. The summed E-state index contributed by atoms with van der Waals surface area (Å²) in [7, 11) is -3.29. The van der Waals surface area contributed by atoms with Crippen molar-refractivity contribution in [1.29, 1.82) is 0 Å². The predicted octanol–water partition coefficient (Wildman–Crippen LogP) is 4.06. The molecule has 1 heterocycles. The number of primary sulfonamides is 1. The van der Waals surface area contributed by atoms with E-state index in [0.717, 1.165) is 10.7 Å². The standard InChI is InChI=1S/C17H12ClF4N3O3S/c1-28-15-3-2-9(6-10(15)18)25-14(7-13(24-25)17(21)22)8-4-11(19)16(12(20)5-8)29(23,26)27/h2-7,17H,1H3,(H2,23,26,27). The van der Waals surface area contributed by atoms with Crippen LogP contribution in [0.25, 0.3) is 16.9 Å². The zero-order valence-corrected chi connectivity index (χ0v) is 16.1. The highest BCUT2D eigenvalue weighted by atomic mass is 35.5. The Bertz CT molecular complexity index is 1180. The van der Waals surface area contributed by atoms with Crippen LogP contribution in [0.5, 0.6) is 5.75 Å². The number of hydrogen-bond acceptors (Lipinski definition) is 4. The van der Waals surface area contributed by atoms with Crippen LogP contribution in [0.4, 0.5) is 17.6 Å². The third kappa shape index (κ3) is 4.07. The van der Waals surface area contributed by atoms with Crippen LogP contribution in [0, 0.1) is 11.6 Å². The number of methoxy groups -OCH3 is 1. The van der Waals surface area contributed by atoms with Crippen LogP contribution in [0.15, 0.2) is 41.3 Å². The number of sulfonamides is 1. The van der Waals surface area contributed by atoms with Gasteiger partial charge in [0, 0.05) is 5.56 Å². The molecule has 0 spiro atoms. The smallest absolute Gasteiger partial charge is 0.282 e.